The van der Waals surface area contributed by atoms with E-state index in [2.05, 4.69) is 14.9 Å². The normalized spacial score (nSPS) is 14.5. The van der Waals surface area contributed by atoms with Gasteiger partial charge in [0, 0.05) is 35.6 Å². The molecule has 0 saturated heterocycles. The summed E-state index contributed by atoms with van der Waals surface area (Å²) in [5.41, 5.74) is 6.84. The van der Waals surface area contributed by atoms with Gasteiger partial charge in [-0.15, -0.1) is 11.3 Å². The maximum atomic E-state index is 12.5. The molecule has 0 atom stereocenters. The Morgan fingerprint density at radius 2 is 2.04 bits per heavy atom. The SMILES string of the molecule is Cc1ccc(-c2nc3c(c(=O)[nH]2)CCN(Cc2scnc2C)C3)cc1. The first kappa shape index (κ1) is 16.2. The molecular formula is C19H20N4OS. The molecule has 0 amide bonds. The van der Waals surface area contributed by atoms with E-state index in [0.29, 0.717) is 12.4 Å². The van der Waals surface area contributed by atoms with Crippen LogP contribution < -0.4 is 5.56 Å². The summed E-state index contributed by atoms with van der Waals surface area (Å²) in [4.78, 5) is 28.1. The first-order valence-corrected chi connectivity index (χ1v) is 9.28. The Morgan fingerprint density at radius 1 is 1.24 bits per heavy atom. The van der Waals surface area contributed by atoms with Crippen LogP contribution in [0.1, 0.15) is 27.4 Å². The van der Waals surface area contributed by atoms with Crippen LogP contribution in [-0.4, -0.2) is 26.4 Å². The summed E-state index contributed by atoms with van der Waals surface area (Å²) < 4.78 is 0. The minimum atomic E-state index is -0.00537. The van der Waals surface area contributed by atoms with Crippen molar-refractivity contribution in [3.8, 4) is 11.4 Å². The predicted molar refractivity (Wildman–Crippen MR) is 99.7 cm³/mol. The van der Waals surface area contributed by atoms with Gasteiger partial charge >= 0.3 is 0 Å². The molecule has 1 aromatic carbocycles. The van der Waals surface area contributed by atoms with E-state index >= 15 is 0 Å². The Labute approximate surface area is 150 Å². The number of aromatic amines is 1. The van der Waals surface area contributed by atoms with E-state index in [9.17, 15) is 4.79 Å². The van der Waals surface area contributed by atoms with Crippen molar-refractivity contribution in [2.75, 3.05) is 6.54 Å². The monoisotopic (exact) mass is 352 g/mol. The zero-order chi connectivity index (χ0) is 17.4. The zero-order valence-electron chi connectivity index (χ0n) is 14.4. The number of nitrogens with zero attached hydrogens (tertiary/aromatic N) is 3. The van der Waals surface area contributed by atoms with Crippen LogP contribution in [0.4, 0.5) is 0 Å². The van der Waals surface area contributed by atoms with Crippen molar-refractivity contribution in [1.29, 1.82) is 0 Å². The fourth-order valence-corrected chi connectivity index (χ4v) is 3.98. The Morgan fingerprint density at radius 3 is 2.76 bits per heavy atom. The molecule has 0 unspecified atom stereocenters. The number of H-pyrrole nitrogens is 1. The maximum absolute atomic E-state index is 12.5. The van der Waals surface area contributed by atoms with Gasteiger partial charge in [0.25, 0.3) is 5.56 Å². The van der Waals surface area contributed by atoms with Crippen molar-refractivity contribution in [3.05, 3.63) is 67.5 Å². The average Bonchev–Trinajstić information content (AvgIpc) is 3.00. The summed E-state index contributed by atoms with van der Waals surface area (Å²) in [5.74, 6) is 0.652. The molecule has 4 rings (SSSR count). The van der Waals surface area contributed by atoms with Gasteiger partial charge < -0.3 is 4.98 Å². The third-order valence-electron chi connectivity index (χ3n) is 4.69. The molecule has 0 fully saturated rings. The first-order valence-electron chi connectivity index (χ1n) is 8.40. The van der Waals surface area contributed by atoms with Gasteiger partial charge in [0.05, 0.1) is 16.9 Å². The van der Waals surface area contributed by atoms with Gasteiger partial charge in [0.15, 0.2) is 0 Å². The van der Waals surface area contributed by atoms with Gasteiger partial charge in [-0.25, -0.2) is 9.97 Å². The Hall–Kier alpha value is -2.31. The molecule has 25 heavy (non-hydrogen) atoms. The number of fused-ring (bicyclic) bond motifs is 1. The molecule has 128 valence electrons. The highest BCUT2D eigenvalue weighted by atomic mass is 32.1. The number of nitrogens with one attached hydrogen (secondary N) is 1. The standard InChI is InChI=1S/C19H20N4OS/c1-12-3-5-14(6-4-12)18-21-16-9-23(8-7-15(16)19(24)22-18)10-17-13(2)20-11-25-17/h3-6,11H,7-10H2,1-2H3,(H,21,22,24). The third kappa shape index (κ3) is 3.27. The lowest BCUT2D eigenvalue weighted by Crippen LogP contribution is -2.35. The summed E-state index contributed by atoms with van der Waals surface area (Å²) >= 11 is 1.69. The van der Waals surface area contributed by atoms with Crippen molar-refractivity contribution in [2.24, 2.45) is 0 Å². The number of thiazole rings is 1. The quantitative estimate of drug-likeness (QED) is 0.787. The molecule has 1 aliphatic heterocycles. The van der Waals surface area contributed by atoms with Crippen molar-refractivity contribution < 1.29 is 0 Å². The van der Waals surface area contributed by atoms with Gasteiger partial charge in [0.1, 0.15) is 5.82 Å². The molecule has 3 aromatic rings. The fraction of sp³-hybridized carbons (Fsp3) is 0.316. The lowest BCUT2D eigenvalue weighted by molar-refractivity contribution is 0.242. The molecule has 0 radical (unpaired) electrons. The van der Waals surface area contributed by atoms with Crippen LogP contribution in [-0.2, 0) is 19.5 Å². The van der Waals surface area contributed by atoms with Crippen molar-refractivity contribution >= 4 is 11.3 Å². The van der Waals surface area contributed by atoms with Crippen LogP contribution in [0.25, 0.3) is 11.4 Å². The van der Waals surface area contributed by atoms with Crippen LogP contribution in [0.3, 0.4) is 0 Å². The summed E-state index contributed by atoms with van der Waals surface area (Å²) in [6, 6.07) is 8.07. The van der Waals surface area contributed by atoms with Crippen molar-refractivity contribution in [1.82, 2.24) is 19.9 Å². The van der Waals surface area contributed by atoms with Gasteiger partial charge in [-0.2, -0.15) is 0 Å². The van der Waals surface area contributed by atoms with Crippen molar-refractivity contribution in [2.45, 2.75) is 33.4 Å². The molecule has 3 heterocycles. The molecule has 0 saturated carbocycles. The maximum Gasteiger partial charge on any atom is 0.254 e. The molecule has 1 aliphatic rings. The fourth-order valence-electron chi connectivity index (χ4n) is 3.16. The molecule has 0 aliphatic carbocycles. The molecule has 6 heteroatoms. The lowest BCUT2D eigenvalue weighted by Gasteiger charge is -2.27. The van der Waals surface area contributed by atoms with Gasteiger partial charge in [-0.3, -0.25) is 9.69 Å². The lowest BCUT2D eigenvalue weighted by atomic mass is 10.1. The number of aryl methyl sites for hydroxylation is 2. The van der Waals surface area contributed by atoms with E-state index in [0.717, 1.165) is 42.0 Å². The zero-order valence-corrected chi connectivity index (χ0v) is 15.2. The van der Waals surface area contributed by atoms with Crippen LogP contribution >= 0.6 is 11.3 Å². The van der Waals surface area contributed by atoms with Gasteiger partial charge in [-0.05, 0) is 20.3 Å². The van der Waals surface area contributed by atoms with E-state index in [-0.39, 0.29) is 5.56 Å². The van der Waals surface area contributed by atoms with Crippen LogP contribution in [0, 0.1) is 13.8 Å². The number of hydrogen-bond acceptors (Lipinski definition) is 5. The number of aromatic nitrogens is 3. The second kappa shape index (κ2) is 6.54. The second-order valence-corrected chi connectivity index (χ2v) is 7.47. The predicted octanol–water partition coefficient (Wildman–Crippen LogP) is 3.07. The van der Waals surface area contributed by atoms with E-state index in [1.807, 2.05) is 43.6 Å². The molecule has 0 spiro atoms. The summed E-state index contributed by atoms with van der Waals surface area (Å²) in [7, 11) is 0. The Bertz CT molecular complexity index is 958. The number of rotatable bonds is 3. The van der Waals surface area contributed by atoms with E-state index in [1.165, 1.54) is 10.4 Å². The first-order chi connectivity index (χ1) is 12.1. The summed E-state index contributed by atoms with van der Waals surface area (Å²) in [6.45, 7) is 6.53. The second-order valence-electron chi connectivity index (χ2n) is 6.53. The average molecular weight is 352 g/mol. The van der Waals surface area contributed by atoms with Crippen LogP contribution in [0.5, 0.6) is 0 Å². The Kier molecular flexibility index (Phi) is 4.23. The van der Waals surface area contributed by atoms with Crippen LogP contribution in [0.2, 0.25) is 0 Å². The largest absolute Gasteiger partial charge is 0.306 e. The minimum absolute atomic E-state index is 0.00537. The smallest absolute Gasteiger partial charge is 0.254 e. The molecule has 2 aromatic heterocycles. The van der Waals surface area contributed by atoms with E-state index < -0.39 is 0 Å². The van der Waals surface area contributed by atoms with Crippen LogP contribution in [0.15, 0.2) is 34.6 Å². The van der Waals surface area contributed by atoms with Crippen molar-refractivity contribution in [3.63, 3.8) is 0 Å². The highest BCUT2D eigenvalue weighted by Gasteiger charge is 2.22. The summed E-state index contributed by atoms with van der Waals surface area (Å²) in [6.07, 6.45) is 0.740. The minimum Gasteiger partial charge on any atom is -0.306 e. The third-order valence-corrected chi connectivity index (χ3v) is 5.61. The van der Waals surface area contributed by atoms with E-state index in [4.69, 9.17) is 4.98 Å². The molecule has 5 nitrogen and oxygen atoms in total. The summed E-state index contributed by atoms with van der Waals surface area (Å²) in [5, 5.41) is 0. The topological polar surface area (TPSA) is 61.9 Å². The molecule has 1 N–H and O–H groups in total. The number of hydrogen-bond donors (Lipinski definition) is 1. The molecular weight excluding hydrogens is 332 g/mol. The molecule has 0 bridgehead atoms. The van der Waals surface area contributed by atoms with Gasteiger partial charge in [0.2, 0.25) is 0 Å². The van der Waals surface area contributed by atoms with E-state index in [1.54, 1.807) is 11.3 Å². The highest BCUT2D eigenvalue weighted by Crippen LogP contribution is 2.22. The number of benzene rings is 1. The Balaban J connectivity index is 1.63. The highest BCUT2D eigenvalue weighted by molar-refractivity contribution is 7.09. The van der Waals surface area contributed by atoms with Gasteiger partial charge in [-0.1, -0.05) is 29.8 Å².